The molecule has 0 aliphatic heterocycles. The molecule has 0 heterocycles. The Hall–Kier alpha value is -2.29. The molecule has 3 nitrogen and oxygen atoms in total. The molecule has 0 atom stereocenters. The van der Waals surface area contributed by atoms with Crippen LogP contribution in [-0.4, -0.2) is 11.4 Å². The molecule has 16 heavy (non-hydrogen) atoms. The van der Waals surface area contributed by atoms with E-state index in [1.54, 1.807) is 0 Å². The third kappa shape index (κ3) is 2.03. The smallest absolute Gasteiger partial charge is 0.0740 e. The zero-order valence-corrected chi connectivity index (χ0v) is 8.67. The topological polar surface area (TPSA) is 58.6 Å². The standard InChI is InChI=1S/C13H12N2O/c14-12-7-5-10(6-8-12)13-4-2-1-3-11(13)9-15-16/h1-9,16H,14H2/b15-9+. The number of rotatable bonds is 2. The van der Waals surface area contributed by atoms with E-state index in [-0.39, 0.29) is 0 Å². The van der Waals surface area contributed by atoms with Crippen molar-refractivity contribution in [2.75, 3.05) is 5.73 Å². The van der Waals surface area contributed by atoms with Gasteiger partial charge in [0, 0.05) is 11.3 Å². The summed E-state index contributed by atoms with van der Waals surface area (Å²) in [5, 5.41) is 11.6. The van der Waals surface area contributed by atoms with Gasteiger partial charge >= 0.3 is 0 Å². The monoisotopic (exact) mass is 212 g/mol. The second kappa shape index (κ2) is 4.49. The maximum atomic E-state index is 8.58. The van der Waals surface area contributed by atoms with Crippen molar-refractivity contribution < 1.29 is 5.21 Å². The summed E-state index contributed by atoms with van der Waals surface area (Å²) in [6.07, 6.45) is 1.42. The Morgan fingerprint density at radius 2 is 1.69 bits per heavy atom. The van der Waals surface area contributed by atoms with Crippen LogP contribution in [0.2, 0.25) is 0 Å². The summed E-state index contributed by atoms with van der Waals surface area (Å²) in [7, 11) is 0. The third-order valence-corrected chi connectivity index (χ3v) is 2.38. The average molecular weight is 212 g/mol. The largest absolute Gasteiger partial charge is 0.411 e. The molecule has 80 valence electrons. The van der Waals surface area contributed by atoms with Crippen molar-refractivity contribution in [1.82, 2.24) is 0 Å². The van der Waals surface area contributed by atoms with Gasteiger partial charge in [0.2, 0.25) is 0 Å². The minimum absolute atomic E-state index is 0.733. The van der Waals surface area contributed by atoms with Crippen LogP contribution < -0.4 is 5.73 Å². The molecule has 0 amide bonds. The number of oxime groups is 1. The maximum absolute atomic E-state index is 8.58. The normalized spacial score (nSPS) is 10.8. The van der Waals surface area contributed by atoms with E-state index in [1.165, 1.54) is 6.21 Å². The highest BCUT2D eigenvalue weighted by Gasteiger charge is 2.02. The molecule has 3 N–H and O–H groups in total. The molecule has 0 fully saturated rings. The Morgan fingerprint density at radius 3 is 2.38 bits per heavy atom. The van der Waals surface area contributed by atoms with Gasteiger partial charge in [0.15, 0.2) is 0 Å². The first-order chi connectivity index (χ1) is 7.81. The van der Waals surface area contributed by atoms with E-state index in [2.05, 4.69) is 5.16 Å². The number of benzene rings is 2. The number of hydrogen-bond donors (Lipinski definition) is 2. The van der Waals surface area contributed by atoms with Crippen LogP contribution in [-0.2, 0) is 0 Å². The second-order valence-corrected chi connectivity index (χ2v) is 3.45. The fraction of sp³-hybridized carbons (Fsp3) is 0. The van der Waals surface area contributed by atoms with E-state index in [9.17, 15) is 0 Å². The maximum Gasteiger partial charge on any atom is 0.0740 e. The molecule has 2 aromatic rings. The first kappa shape index (κ1) is 10.2. The van der Waals surface area contributed by atoms with Crippen LogP contribution in [0.15, 0.2) is 53.7 Å². The van der Waals surface area contributed by atoms with E-state index in [0.29, 0.717) is 0 Å². The van der Waals surface area contributed by atoms with Gasteiger partial charge in [-0.05, 0) is 23.3 Å². The van der Waals surface area contributed by atoms with Crippen LogP contribution in [0.5, 0.6) is 0 Å². The van der Waals surface area contributed by atoms with E-state index >= 15 is 0 Å². The lowest BCUT2D eigenvalue weighted by atomic mass is 10.0. The molecule has 0 saturated carbocycles. The lowest BCUT2D eigenvalue weighted by Gasteiger charge is -2.05. The molecular formula is C13H12N2O. The lowest BCUT2D eigenvalue weighted by molar-refractivity contribution is 0.322. The quantitative estimate of drug-likeness (QED) is 0.348. The van der Waals surface area contributed by atoms with Crippen molar-refractivity contribution in [3.05, 3.63) is 54.1 Å². The molecule has 0 aliphatic rings. The summed E-state index contributed by atoms with van der Waals surface area (Å²) in [5.74, 6) is 0. The molecule has 0 saturated heterocycles. The third-order valence-electron chi connectivity index (χ3n) is 2.38. The van der Waals surface area contributed by atoms with Gasteiger partial charge in [-0.25, -0.2) is 0 Å². The van der Waals surface area contributed by atoms with Crippen LogP contribution in [0.4, 0.5) is 5.69 Å². The number of nitrogens with zero attached hydrogens (tertiary/aromatic N) is 1. The molecule has 0 bridgehead atoms. The van der Waals surface area contributed by atoms with E-state index < -0.39 is 0 Å². The summed E-state index contributed by atoms with van der Waals surface area (Å²) >= 11 is 0. The Bertz CT molecular complexity index is 504. The minimum Gasteiger partial charge on any atom is -0.411 e. The van der Waals surface area contributed by atoms with Gasteiger partial charge in [-0.3, -0.25) is 0 Å². The molecule has 0 radical (unpaired) electrons. The van der Waals surface area contributed by atoms with Crippen LogP contribution in [0, 0.1) is 0 Å². The van der Waals surface area contributed by atoms with Crippen molar-refractivity contribution in [1.29, 1.82) is 0 Å². The van der Waals surface area contributed by atoms with Crippen LogP contribution >= 0.6 is 0 Å². The summed E-state index contributed by atoms with van der Waals surface area (Å²) in [6, 6.07) is 15.3. The van der Waals surface area contributed by atoms with Gasteiger partial charge < -0.3 is 10.9 Å². The van der Waals surface area contributed by atoms with E-state index in [0.717, 1.165) is 22.4 Å². The highest BCUT2D eigenvalue weighted by molar-refractivity contribution is 5.90. The molecular weight excluding hydrogens is 200 g/mol. The zero-order chi connectivity index (χ0) is 11.4. The van der Waals surface area contributed by atoms with Crippen molar-refractivity contribution in [2.45, 2.75) is 0 Å². The minimum atomic E-state index is 0.733. The summed E-state index contributed by atoms with van der Waals surface area (Å²) in [6.45, 7) is 0. The SMILES string of the molecule is Nc1ccc(-c2ccccc2/C=N/O)cc1. The Kier molecular flexibility index (Phi) is 2.87. The predicted octanol–water partition coefficient (Wildman–Crippen LogP) is 2.74. The van der Waals surface area contributed by atoms with Gasteiger partial charge in [0.25, 0.3) is 0 Å². The molecule has 2 rings (SSSR count). The van der Waals surface area contributed by atoms with E-state index in [1.807, 2.05) is 48.5 Å². The van der Waals surface area contributed by atoms with Gasteiger partial charge in [0.05, 0.1) is 6.21 Å². The van der Waals surface area contributed by atoms with Crippen molar-refractivity contribution in [3.8, 4) is 11.1 Å². The van der Waals surface area contributed by atoms with Crippen LogP contribution in [0.1, 0.15) is 5.56 Å². The van der Waals surface area contributed by atoms with Gasteiger partial charge in [-0.1, -0.05) is 41.6 Å². The fourth-order valence-electron chi connectivity index (χ4n) is 1.60. The fourth-order valence-corrected chi connectivity index (χ4v) is 1.60. The number of nitrogen functional groups attached to an aromatic ring is 1. The summed E-state index contributed by atoms with van der Waals surface area (Å²) in [5.41, 5.74) is 9.30. The first-order valence-electron chi connectivity index (χ1n) is 4.93. The zero-order valence-electron chi connectivity index (χ0n) is 8.67. The highest BCUT2D eigenvalue weighted by Crippen LogP contribution is 2.23. The molecule has 0 aromatic heterocycles. The average Bonchev–Trinajstić information content (AvgIpc) is 2.32. The van der Waals surface area contributed by atoms with Gasteiger partial charge in [-0.15, -0.1) is 0 Å². The van der Waals surface area contributed by atoms with Gasteiger partial charge in [-0.2, -0.15) is 0 Å². The predicted molar refractivity (Wildman–Crippen MR) is 65.7 cm³/mol. The number of nitrogens with two attached hydrogens (primary N) is 1. The van der Waals surface area contributed by atoms with Crippen molar-refractivity contribution >= 4 is 11.9 Å². The van der Waals surface area contributed by atoms with Gasteiger partial charge in [0.1, 0.15) is 0 Å². The van der Waals surface area contributed by atoms with Crippen molar-refractivity contribution in [2.24, 2.45) is 5.16 Å². The molecule has 3 heteroatoms. The summed E-state index contributed by atoms with van der Waals surface area (Å²) < 4.78 is 0. The Balaban J connectivity index is 2.51. The molecule has 0 spiro atoms. The summed E-state index contributed by atoms with van der Waals surface area (Å²) in [4.78, 5) is 0. The second-order valence-electron chi connectivity index (χ2n) is 3.45. The molecule has 2 aromatic carbocycles. The van der Waals surface area contributed by atoms with E-state index in [4.69, 9.17) is 10.9 Å². The molecule has 0 aliphatic carbocycles. The Labute approximate surface area is 93.8 Å². The lowest BCUT2D eigenvalue weighted by Crippen LogP contribution is -1.89. The van der Waals surface area contributed by atoms with Crippen LogP contribution in [0.25, 0.3) is 11.1 Å². The number of hydrogen-bond acceptors (Lipinski definition) is 3. The first-order valence-corrected chi connectivity index (χ1v) is 4.93. The Morgan fingerprint density at radius 1 is 1.00 bits per heavy atom. The van der Waals surface area contributed by atoms with Crippen LogP contribution in [0.3, 0.4) is 0 Å². The molecule has 0 unspecified atom stereocenters. The number of anilines is 1. The van der Waals surface area contributed by atoms with Crippen molar-refractivity contribution in [3.63, 3.8) is 0 Å². The highest BCUT2D eigenvalue weighted by atomic mass is 16.4.